The van der Waals surface area contributed by atoms with Crippen molar-refractivity contribution in [2.24, 2.45) is 0 Å². The molecule has 0 radical (unpaired) electrons. The molecular formula is C60H48N2. The Morgan fingerprint density at radius 2 is 0.661 bits per heavy atom. The van der Waals surface area contributed by atoms with Gasteiger partial charge >= 0.3 is 0 Å². The normalized spacial score (nSPS) is 14.5. The number of allylic oxidation sites excluding steroid dienone is 6. The summed E-state index contributed by atoms with van der Waals surface area (Å²) in [6.07, 6.45) is 17.0. The number of rotatable bonds is 11. The van der Waals surface area contributed by atoms with Crippen LogP contribution < -0.4 is 9.80 Å². The first kappa shape index (κ1) is 38.5. The minimum absolute atomic E-state index is 0.174. The van der Waals surface area contributed by atoms with Crippen LogP contribution in [0.15, 0.2) is 249 Å². The summed E-state index contributed by atoms with van der Waals surface area (Å²) in [5.74, 6) is 0. The van der Waals surface area contributed by atoms with Crippen molar-refractivity contribution in [3.05, 3.63) is 260 Å². The lowest BCUT2D eigenvalue weighted by Crippen LogP contribution is -2.30. The molecule has 0 spiro atoms. The second kappa shape index (κ2) is 17.9. The first-order valence-corrected chi connectivity index (χ1v) is 21.8. The van der Waals surface area contributed by atoms with Crippen LogP contribution in [-0.2, 0) is 0 Å². The van der Waals surface area contributed by atoms with Crippen molar-refractivity contribution in [1.82, 2.24) is 0 Å². The van der Waals surface area contributed by atoms with Gasteiger partial charge in [-0.1, -0.05) is 188 Å². The highest BCUT2D eigenvalue weighted by Crippen LogP contribution is 2.39. The van der Waals surface area contributed by atoms with E-state index in [0.717, 1.165) is 42.0 Å². The van der Waals surface area contributed by atoms with Gasteiger partial charge in [0, 0.05) is 28.4 Å². The maximum absolute atomic E-state index is 2.48. The number of hydrogen-bond acceptors (Lipinski definition) is 2. The number of anilines is 5. The first-order chi connectivity index (χ1) is 30.7. The Morgan fingerprint density at radius 1 is 0.306 bits per heavy atom. The Hall–Kier alpha value is -7.68. The second-order valence-corrected chi connectivity index (χ2v) is 16.0. The smallest absolute Gasteiger partial charge is 0.0560 e. The van der Waals surface area contributed by atoms with E-state index in [4.69, 9.17) is 0 Å². The molecule has 0 saturated heterocycles. The Balaban J connectivity index is 0.942. The molecule has 1 atom stereocenters. The summed E-state index contributed by atoms with van der Waals surface area (Å²) in [5.41, 5.74) is 18.0. The Kier molecular flexibility index (Phi) is 11.1. The van der Waals surface area contributed by atoms with Gasteiger partial charge in [0.15, 0.2) is 0 Å². The molecule has 2 aliphatic carbocycles. The van der Waals surface area contributed by atoms with E-state index in [2.05, 4.69) is 259 Å². The predicted octanol–water partition coefficient (Wildman–Crippen LogP) is 16.4. The van der Waals surface area contributed by atoms with E-state index in [1.807, 2.05) is 0 Å². The zero-order valence-corrected chi connectivity index (χ0v) is 34.8. The highest BCUT2D eigenvalue weighted by atomic mass is 15.2. The van der Waals surface area contributed by atoms with Crippen molar-refractivity contribution in [1.29, 1.82) is 0 Å². The van der Waals surface area contributed by atoms with Gasteiger partial charge in [-0.15, -0.1) is 0 Å². The summed E-state index contributed by atoms with van der Waals surface area (Å²) < 4.78 is 0. The molecule has 298 valence electrons. The SMILES string of the molecule is C1=CC(c2ccc(N(c3ccc(-c4ccccc4)cc3)c3ccc(-c4ccc(N(c5ccc(-c6ccccc6)cc5)C5C=CC(c6ccccc6)=CC5)cc4)cc3)cc2)=CCC1. The highest BCUT2D eigenvalue weighted by Gasteiger charge is 2.21. The molecule has 0 fully saturated rings. The van der Waals surface area contributed by atoms with Gasteiger partial charge < -0.3 is 9.80 Å². The molecule has 8 aromatic carbocycles. The molecule has 2 nitrogen and oxygen atoms in total. The van der Waals surface area contributed by atoms with Crippen LogP contribution in [-0.4, -0.2) is 6.04 Å². The van der Waals surface area contributed by atoms with Crippen molar-refractivity contribution in [3.8, 4) is 33.4 Å². The van der Waals surface area contributed by atoms with Crippen molar-refractivity contribution < 1.29 is 0 Å². The van der Waals surface area contributed by atoms with Crippen LogP contribution in [0.4, 0.5) is 28.4 Å². The van der Waals surface area contributed by atoms with Gasteiger partial charge in [-0.2, -0.15) is 0 Å². The molecule has 0 amide bonds. The standard InChI is InChI=1S/C60H48N2/c1-5-13-45(14-6-1)49-21-33-55(34-22-49)61(56-35-23-50(24-36-56)46-15-7-2-8-16-46)59-41-29-53(30-42-59)54-31-43-60(44-32-54)62(57-37-25-51(26-38-57)47-17-9-3-10-18-47)58-39-27-52(28-40-58)48-19-11-4-12-20-48/h1-3,5-11,13-35,37-44,56H,4,12,36H2. The molecule has 8 aromatic rings. The average Bonchev–Trinajstić information content (AvgIpc) is 3.36. The molecule has 2 aliphatic rings. The van der Waals surface area contributed by atoms with Gasteiger partial charge in [-0.25, -0.2) is 0 Å². The lowest BCUT2D eigenvalue weighted by Gasteiger charge is -2.33. The molecule has 0 N–H and O–H groups in total. The molecule has 0 heterocycles. The van der Waals surface area contributed by atoms with E-state index in [0.29, 0.717) is 0 Å². The van der Waals surface area contributed by atoms with Crippen LogP contribution in [0.1, 0.15) is 30.4 Å². The van der Waals surface area contributed by atoms with Gasteiger partial charge in [0.2, 0.25) is 0 Å². The minimum atomic E-state index is 0.174. The Labute approximate surface area is 366 Å². The monoisotopic (exact) mass is 796 g/mol. The van der Waals surface area contributed by atoms with E-state index in [1.54, 1.807) is 0 Å². The van der Waals surface area contributed by atoms with Crippen LogP contribution in [0.5, 0.6) is 0 Å². The molecule has 0 saturated carbocycles. The number of nitrogens with zero attached hydrogens (tertiary/aromatic N) is 2. The van der Waals surface area contributed by atoms with E-state index in [1.165, 1.54) is 61.3 Å². The minimum Gasteiger partial charge on any atom is -0.334 e. The van der Waals surface area contributed by atoms with Gasteiger partial charge in [0.05, 0.1) is 6.04 Å². The van der Waals surface area contributed by atoms with Gasteiger partial charge in [-0.3, -0.25) is 0 Å². The van der Waals surface area contributed by atoms with Crippen LogP contribution in [0.2, 0.25) is 0 Å². The summed E-state index contributed by atoms with van der Waals surface area (Å²) >= 11 is 0. The molecule has 2 heteroatoms. The summed E-state index contributed by atoms with van der Waals surface area (Å²) in [6, 6.07) is 77.0. The van der Waals surface area contributed by atoms with E-state index in [9.17, 15) is 0 Å². The van der Waals surface area contributed by atoms with Crippen molar-refractivity contribution >= 4 is 39.6 Å². The second-order valence-electron chi connectivity index (χ2n) is 16.0. The van der Waals surface area contributed by atoms with Crippen LogP contribution in [0.3, 0.4) is 0 Å². The molecule has 0 aromatic heterocycles. The average molecular weight is 797 g/mol. The third-order valence-electron chi connectivity index (χ3n) is 12.1. The fourth-order valence-electron chi connectivity index (χ4n) is 8.75. The zero-order valence-electron chi connectivity index (χ0n) is 34.8. The first-order valence-electron chi connectivity index (χ1n) is 21.8. The van der Waals surface area contributed by atoms with Gasteiger partial charge in [-0.05, 0) is 136 Å². The van der Waals surface area contributed by atoms with E-state index >= 15 is 0 Å². The molecule has 1 unspecified atom stereocenters. The summed E-state index contributed by atoms with van der Waals surface area (Å²) in [6.45, 7) is 0. The van der Waals surface area contributed by atoms with Crippen molar-refractivity contribution in [2.75, 3.05) is 9.80 Å². The lowest BCUT2D eigenvalue weighted by atomic mass is 9.95. The predicted molar refractivity (Wildman–Crippen MR) is 264 cm³/mol. The summed E-state index contributed by atoms with van der Waals surface area (Å²) in [4.78, 5) is 4.83. The highest BCUT2D eigenvalue weighted by molar-refractivity contribution is 5.83. The van der Waals surface area contributed by atoms with Crippen molar-refractivity contribution in [3.63, 3.8) is 0 Å². The third-order valence-corrected chi connectivity index (χ3v) is 12.1. The fourth-order valence-corrected chi connectivity index (χ4v) is 8.75. The lowest BCUT2D eigenvalue weighted by molar-refractivity contribution is 0.787. The van der Waals surface area contributed by atoms with E-state index in [-0.39, 0.29) is 6.04 Å². The number of hydrogen-bond donors (Lipinski definition) is 0. The largest absolute Gasteiger partial charge is 0.334 e. The fraction of sp³-hybridized carbons (Fsp3) is 0.0667. The zero-order chi connectivity index (χ0) is 41.5. The quantitative estimate of drug-likeness (QED) is 0.129. The van der Waals surface area contributed by atoms with Gasteiger partial charge in [0.1, 0.15) is 0 Å². The van der Waals surface area contributed by atoms with E-state index < -0.39 is 0 Å². The maximum Gasteiger partial charge on any atom is 0.0560 e. The third kappa shape index (κ3) is 8.37. The van der Waals surface area contributed by atoms with Crippen LogP contribution in [0.25, 0.3) is 44.5 Å². The van der Waals surface area contributed by atoms with Gasteiger partial charge in [0.25, 0.3) is 0 Å². The van der Waals surface area contributed by atoms with Crippen molar-refractivity contribution in [2.45, 2.75) is 25.3 Å². The maximum atomic E-state index is 2.48. The Morgan fingerprint density at radius 3 is 1.05 bits per heavy atom. The molecular weight excluding hydrogens is 749 g/mol. The molecule has 10 rings (SSSR count). The van der Waals surface area contributed by atoms with Crippen LogP contribution in [0, 0.1) is 0 Å². The molecule has 0 aliphatic heterocycles. The summed E-state index contributed by atoms with van der Waals surface area (Å²) in [5, 5.41) is 0. The summed E-state index contributed by atoms with van der Waals surface area (Å²) in [7, 11) is 0. The topological polar surface area (TPSA) is 6.48 Å². The molecule has 0 bridgehead atoms. The van der Waals surface area contributed by atoms with Crippen LogP contribution >= 0.6 is 0 Å². The Bertz CT molecular complexity index is 2850. The molecule has 62 heavy (non-hydrogen) atoms. The number of benzene rings is 8.